The third-order valence-electron chi connectivity index (χ3n) is 3.99. The number of ether oxygens (including phenoxy) is 1. The van der Waals surface area contributed by atoms with Gasteiger partial charge in [0.2, 0.25) is 5.91 Å². The quantitative estimate of drug-likeness (QED) is 0.754. The summed E-state index contributed by atoms with van der Waals surface area (Å²) in [5, 5.41) is 15.8. The molecule has 6 heteroatoms. The highest BCUT2D eigenvalue weighted by Gasteiger charge is 2.30. The Kier molecular flexibility index (Phi) is 3.65. The maximum absolute atomic E-state index is 12.2. The second-order valence-electron chi connectivity index (χ2n) is 5.62. The summed E-state index contributed by atoms with van der Waals surface area (Å²) in [6, 6.07) is 5.13. The number of hydrogen-bond donors (Lipinski definition) is 3. The summed E-state index contributed by atoms with van der Waals surface area (Å²) in [4.78, 5) is 23.5. The fourth-order valence-electron chi connectivity index (χ4n) is 2.65. The van der Waals surface area contributed by atoms with Crippen LogP contribution in [0.25, 0.3) is 0 Å². The highest BCUT2D eigenvalue weighted by molar-refractivity contribution is 6.01. The zero-order valence-electron chi connectivity index (χ0n) is 11.6. The van der Waals surface area contributed by atoms with Crippen LogP contribution in [0, 0.1) is 0 Å². The second-order valence-corrected chi connectivity index (χ2v) is 5.62. The Balaban J connectivity index is 1.63. The number of aliphatic hydroxyl groups is 1. The molecule has 0 bridgehead atoms. The van der Waals surface area contributed by atoms with Gasteiger partial charge in [-0.15, -0.1) is 0 Å². The van der Waals surface area contributed by atoms with Crippen LogP contribution in [0.2, 0.25) is 0 Å². The van der Waals surface area contributed by atoms with Crippen molar-refractivity contribution in [3.05, 3.63) is 29.3 Å². The molecule has 0 atom stereocenters. The molecular formula is C15H18N2O4. The van der Waals surface area contributed by atoms with Gasteiger partial charge in [0.1, 0.15) is 0 Å². The fourth-order valence-corrected chi connectivity index (χ4v) is 2.65. The molecule has 0 aromatic heterocycles. The number of carbonyl (C=O) groups is 2. The molecule has 1 saturated heterocycles. The lowest BCUT2D eigenvalue weighted by Crippen LogP contribution is -2.46. The summed E-state index contributed by atoms with van der Waals surface area (Å²) < 4.78 is 5.21. The summed E-state index contributed by atoms with van der Waals surface area (Å²) in [6.45, 7) is 1.24. The first kappa shape index (κ1) is 14.0. The Bertz CT molecular complexity index is 579. The Morgan fingerprint density at radius 1 is 1.38 bits per heavy atom. The minimum Gasteiger partial charge on any atom is -0.388 e. The zero-order valence-corrected chi connectivity index (χ0v) is 11.6. The monoisotopic (exact) mass is 290 g/mol. The Morgan fingerprint density at radius 3 is 2.90 bits per heavy atom. The van der Waals surface area contributed by atoms with Crippen molar-refractivity contribution in [2.75, 3.05) is 25.1 Å². The highest BCUT2D eigenvalue weighted by atomic mass is 16.5. The SMILES string of the molecule is O=C1Cc2cc(C(=O)NCC3(O)CCOCC3)ccc2N1. The number of benzene rings is 1. The largest absolute Gasteiger partial charge is 0.388 e. The number of amides is 2. The van der Waals surface area contributed by atoms with E-state index in [-0.39, 0.29) is 18.4 Å². The van der Waals surface area contributed by atoms with E-state index in [9.17, 15) is 14.7 Å². The van der Waals surface area contributed by atoms with Gasteiger partial charge >= 0.3 is 0 Å². The van der Waals surface area contributed by atoms with E-state index in [1.807, 2.05) is 0 Å². The smallest absolute Gasteiger partial charge is 0.251 e. The Labute approximate surface area is 122 Å². The van der Waals surface area contributed by atoms with Crippen molar-refractivity contribution >= 4 is 17.5 Å². The number of hydrogen-bond acceptors (Lipinski definition) is 4. The first-order valence-corrected chi connectivity index (χ1v) is 7.07. The van der Waals surface area contributed by atoms with Crippen LogP contribution in [0.1, 0.15) is 28.8 Å². The fraction of sp³-hybridized carbons (Fsp3) is 0.467. The molecule has 2 aliphatic heterocycles. The van der Waals surface area contributed by atoms with Crippen LogP contribution >= 0.6 is 0 Å². The second kappa shape index (κ2) is 5.46. The molecule has 1 aromatic rings. The molecule has 0 unspecified atom stereocenters. The summed E-state index contributed by atoms with van der Waals surface area (Å²) in [5.41, 5.74) is 1.21. The van der Waals surface area contributed by atoms with E-state index in [2.05, 4.69) is 10.6 Å². The molecule has 3 N–H and O–H groups in total. The zero-order chi connectivity index (χ0) is 14.9. The molecule has 6 nitrogen and oxygen atoms in total. The summed E-state index contributed by atoms with van der Waals surface area (Å²) in [7, 11) is 0. The molecular weight excluding hydrogens is 272 g/mol. The lowest BCUT2D eigenvalue weighted by Gasteiger charge is -2.32. The van der Waals surface area contributed by atoms with E-state index in [1.165, 1.54) is 0 Å². The Morgan fingerprint density at radius 2 is 2.14 bits per heavy atom. The van der Waals surface area contributed by atoms with Crippen molar-refractivity contribution in [3.8, 4) is 0 Å². The van der Waals surface area contributed by atoms with E-state index in [0.29, 0.717) is 38.0 Å². The van der Waals surface area contributed by atoms with E-state index in [4.69, 9.17) is 4.74 Å². The molecule has 2 aliphatic rings. The van der Waals surface area contributed by atoms with Crippen molar-refractivity contribution < 1.29 is 19.4 Å². The van der Waals surface area contributed by atoms with Gasteiger partial charge < -0.3 is 20.5 Å². The molecule has 3 rings (SSSR count). The molecule has 21 heavy (non-hydrogen) atoms. The van der Waals surface area contributed by atoms with Crippen molar-refractivity contribution in [2.45, 2.75) is 24.9 Å². The first-order chi connectivity index (χ1) is 10.1. The third-order valence-corrected chi connectivity index (χ3v) is 3.99. The number of rotatable bonds is 3. The molecule has 2 heterocycles. The van der Waals surface area contributed by atoms with Gasteiger partial charge in [0, 0.05) is 43.9 Å². The van der Waals surface area contributed by atoms with Gasteiger partial charge in [0.05, 0.1) is 12.0 Å². The minimum atomic E-state index is -0.887. The van der Waals surface area contributed by atoms with Gasteiger partial charge in [-0.1, -0.05) is 0 Å². The highest BCUT2D eigenvalue weighted by Crippen LogP contribution is 2.24. The predicted molar refractivity (Wildman–Crippen MR) is 76.1 cm³/mol. The van der Waals surface area contributed by atoms with E-state index in [0.717, 1.165) is 11.3 Å². The van der Waals surface area contributed by atoms with Crippen molar-refractivity contribution in [2.24, 2.45) is 0 Å². The van der Waals surface area contributed by atoms with Crippen LogP contribution in [-0.4, -0.2) is 42.3 Å². The predicted octanol–water partition coefficient (Wildman–Crippen LogP) is 0.452. The molecule has 2 amide bonds. The summed E-state index contributed by atoms with van der Waals surface area (Å²) in [6.07, 6.45) is 1.35. The van der Waals surface area contributed by atoms with Gasteiger partial charge in [0.25, 0.3) is 5.91 Å². The van der Waals surface area contributed by atoms with E-state index < -0.39 is 5.60 Å². The number of nitrogens with one attached hydrogen (secondary N) is 2. The number of fused-ring (bicyclic) bond motifs is 1. The van der Waals surface area contributed by atoms with Gasteiger partial charge in [-0.3, -0.25) is 9.59 Å². The van der Waals surface area contributed by atoms with E-state index in [1.54, 1.807) is 18.2 Å². The lowest BCUT2D eigenvalue weighted by molar-refractivity contribution is -0.115. The number of anilines is 1. The average molecular weight is 290 g/mol. The van der Waals surface area contributed by atoms with Crippen molar-refractivity contribution in [1.82, 2.24) is 5.32 Å². The van der Waals surface area contributed by atoms with Crippen LogP contribution in [0.4, 0.5) is 5.69 Å². The topological polar surface area (TPSA) is 87.7 Å². The number of carbonyl (C=O) groups excluding carboxylic acids is 2. The van der Waals surface area contributed by atoms with Crippen molar-refractivity contribution in [1.29, 1.82) is 0 Å². The maximum atomic E-state index is 12.2. The Hall–Kier alpha value is -1.92. The molecule has 0 radical (unpaired) electrons. The average Bonchev–Trinajstić information content (AvgIpc) is 2.84. The minimum absolute atomic E-state index is 0.0564. The van der Waals surface area contributed by atoms with Crippen molar-refractivity contribution in [3.63, 3.8) is 0 Å². The van der Waals surface area contributed by atoms with Crippen LogP contribution in [-0.2, 0) is 16.0 Å². The van der Waals surface area contributed by atoms with Crippen LogP contribution in [0.15, 0.2) is 18.2 Å². The molecule has 112 valence electrons. The first-order valence-electron chi connectivity index (χ1n) is 7.07. The third kappa shape index (κ3) is 3.06. The van der Waals surface area contributed by atoms with Gasteiger partial charge in [-0.25, -0.2) is 0 Å². The van der Waals surface area contributed by atoms with Gasteiger partial charge in [-0.2, -0.15) is 0 Å². The lowest BCUT2D eigenvalue weighted by atomic mass is 9.94. The van der Waals surface area contributed by atoms with Crippen LogP contribution < -0.4 is 10.6 Å². The van der Waals surface area contributed by atoms with Crippen LogP contribution in [0.3, 0.4) is 0 Å². The molecule has 0 spiro atoms. The molecule has 1 fully saturated rings. The van der Waals surface area contributed by atoms with E-state index >= 15 is 0 Å². The molecule has 0 aliphatic carbocycles. The summed E-state index contributed by atoms with van der Waals surface area (Å²) >= 11 is 0. The van der Waals surface area contributed by atoms with Crippen LogP contribution in [0.5, 0.6) is 0 Å². The maximum Gasteiger partial charge on any atom is 0.251 e. The van der Waals surface area contributed by atoms with Gasteiger partial charge in [0.15, 0.2) is 0 Å². The van der Waals surface area contributed by atoms with Gasteiger partial charge in [-0.05, 0) is 23.8 Å². The summed E-state index contributed by atoms with van der Waals surface area (Å²) in [5.74, 6) is -0.295. The normalized spacial score (nSPS) is 19.8. The molecule has 1 aromatic carbocycles. The standard InChI is InChI=1S/C15H18N2O4/c18-13-8-11-7-10(1-2-12(11)17-13)14(19)16-9-15(20)3-5-21-6-4-15/h1-2,7,20H,3-6,8-9H2,(H,16,19)(H,17,18). The molecule has 0 saturated carbocycles.